The van der Waals surface area contributed by atoms with Gasteiger partial charge in [0, 0.05) is 17.6 Å². The Kier molecular flexibility index (Phi) is 3.40. The average molecular weight is 310 g/mol. The summed E-state index contributed by atoms with van der Waals surface area (Å²) in [5, 5.41) is 3.80. The molecule has 0 aliphatic carbocycles. The van der Waals surface area contributed by atoms with E-state index in [1.165, 1.54) is 25.2 Å². The van der Waals surface area contributed by atoms with E-state index in [0.717, 1.165) is 4.68 Å². The molecule has 2 aromatic rings. The van der Waals surface area contributed by atoms with Crippen LogP contribution in [0.2, 0.25) is 10.0 Å². The third kappa shape index (κ3) is 2.50. The number of alkyl halides is 3. The zero-order chi connectivity index (χ0) is 14.4. The van der Waals surface area contributed by atoms with Crippen LogP contribution in [-0.4, -0.2) is 9.78 Å². The summed E-state index contributed by atoms with van der Waals surface area (Å²) in [5.74, 6) is -0.114. The summed E-state index contributed by atoms with van der Waals surface area (Å²) in [7, 11) is 1.33. The number of benzene rings is 1. The lowest BCUT2D eigenvalue weighted by Gasteiger charge is -2.09. The van der Waals surface area contributed by atoms with Gasteiger partial charge in [-0.25, -0.2) is 0 Å². The number of anilines is 1. The molecule has 0 spiro atoms. The molecule has 0 aliphatic heterocycles. The third-order valence-corrected chi connectivity index (χ3v) is 3.11. The highest BCUT2D eigenvalue weighted by Crippen LogP contribution is 2.42. The van der Waals surface area contributed by atoms with Crippen molar-refractivity contribution in [2.45, 2.75) is 6.18 Å². The molecule has 1 aromatic heterocycles. The van der Waals surface area contributed by atoms with E-state index in [1.807, 2.05) is 0 Å². The van der Waals surface area contributed by atoms with Gasteiger partial charge in [-0.05, 0) is 12.1 Å². The van der Waals surface area contributed by atoms with E-state index in [0.29, 0.717) is 5.02 Å². The van der Waals surface area contributed by atoms with Gasteiger partial charge in [0.1, 0.15) is 5.82 Å². The van der Waals surface area contributed by atoms with Crippen LogP contribution in [-0.2, 0) is 13.2 Å². The smallest absolute Gasteiger partial charge is 0.383 e. The first kappa shape index (κ1) is 14.0. The van der Waals surface area contributed by atoms with Gasteiger partial charge in [-0.1, -0.05) is 29.3 Å². The number of aromatic nitrogens is 2. The second-order valence-corrected chi connectivity index (χ2v) is 4.70. The highest BCUT2D eigenvalue weighted by molar-refractivity contribution is 6.36. The fourth-order valence-corrected chi connectivity index (χ4v) is 2.20. The van der Waals surface area contributed by atoms with Gasteiger partial charge in [-0.15, -0.1) is 0 Å². The summed E-state index contributed by atoms with van der Waals surface area (Å²) in [5.41, 5.74) is 4.48. The van der Waals surface area contributed by atoms with E-state index >= 15 is 0 Å². The maximum absolute atomic E-state index is 12.9. The lowest BCUT2D eigenvalue weighted by molar-refractivity contribution is -0.140. The Morgan fingerprint density at radius 2 is 1.89 bits per heavy atom. The first-order valence-electron chi connectivity index (χ1n) is 5.07. The van der Waals surface area contributed by atoms with Gasteiger partial charge in [0.05, 0.1) is 10.6 Å². The van der Waals surface area contributed by atoms with Gasteiger partial charge in [-0.3, -0.25) is 4.68 Å². The monoisotopic (exact) mass is 309 g/mol. The molecule has 0 unspecified atom stereocenters. The Labute approximate surface area is 116 Å². The van der Waals surface area contributed by atoms with Crippen molar-refractivity contribution >= 4 is 29.0 Å². The predicted molar refractivity (Wildman–Crippen MR) is 68.1 cm³/mol. The molecule has 2 rings (SSSR count). The summed E-state index contributed by atoms with van der Waals surface area (Å²) in [4.78, 5) is 0. The van der Waals surface area contributed by atoms with Crippen LogP contribution in [0.15, 0.2) is 18.2 Å². The van der Waals surface area contributed by atoms with Crippen molar-refractivity contribution < 1.29 is 13.2 Å². The fourth-order valence-electron chi connectivity index (χ4n) is 1.69. The molecule has 0 saturated heterocycles. The normalized spacial score (nSPS) is 11.9. The van der Waals surface area contributed by atoms with Crippen LogP contribution in [0.1, 0.15) is 5.69 Å². The number of hydrogen-bond donors (Lipinski definition) is 1. The van der Waals surface area contributed by atoms with Gasteiger partial charge >= 0.3 is 6.18 Å². The lowest BCUT2D eigenvalue weighted by atomic mass is 10.1. The molecule has 3 nitrogen and oxygen atoms in total. The molecule has 0 amide bonds. The zero-order valence-electron chi connectivity index (χ0n) is 9.59. The van der Waals surface area contributed by atoms with Crippen LogP contribution < -0.4 is 5.73 Å². The Balaban J connectivity index is 2.74. The van der Waals surface area contributed by atoms with Crippen LogP contribution in [0.25, 0.3) is 11.1 Å². The van der Waals surface area contributed by atoms with Gasteiger partial charge in [0.2, 0.25) is 0 Å². The van der Waals surface area contributed by atoms with Crippen molar-refractivity contribution in [3.05, 3.63) is 33.9 Å². The second kappa shape index (κ2) is 4.61. The Bertz CT molecular complexity index is 635. The maximum Gasteiger partial charge on any atom is 0.435 e. The van der Waals surface area contributed by atoms with Gasteiger partial charge in [0.25, 0.3) is 0 Å². The molecule has 0 bridgehead atoms. The predicted octanol–water partition coefficient (Wildman–Crippen LogP) is 3.99. The molecule has 102 valence electrons. The minimum atomic E-state index is -4.62. The first-order chi connectivity index (χ1) is 8.71. The summed E-state index contributed by atoms with van der Waals surface area (Å²) in [6.45, 7) is 0. The van der Waals surface area contributed by atoms with Gasteiger partial charge in [-0.2, -0.15) is 18.3 Å². The Morgan fingerprint density at radius 3 is 2.42 bits per heavy atom. The quantitative estimate of drug-likeness (QED) is 0.865. The topological polar surface area (TPSA) is 43.8 Å². The highest BCUT2D eigenvalue weighted by atomic mass is 35.5. The van der Waals surface area contributed by atoms with Crippen molar-refractivity contribution in [2.75, 3.05) is 5.73 Å². The number of nitrogen functional groups attached to an aromatic ring is 1. The first-order valence-corrected chi connectivity index (χ1v) is 5.82. The van der Waals surface area contributed by atoms with Crippen molar-refractivity contribution in [3.8, 4) is 11.1 Å². The van der Waals surface area contributed by atoms with Crippen LogP contribution in [0.3, 0.4) is 0 Å². The molecule has 2 N–H and O–H groups in total. The van der Waals surface area contributed by atoms with Crippen molar-refractivity contribution in [3.63, 3.8) is 0 Å². The zero-order valence-corrected chi connectivity index (χ0v) is 11.1. The lowest BCUT2D eigenvalue weighted by Crippen LogP contribution is -2.08. The van der Waals surface area contributed by atoms with E-state index in [1.54, 1.807) is 0 Å². The SMILES string of the molecule is Cn1nc(C(F)(F)F)c(-c2ccc(Cl)cc2Cl)c1N. The van der Waals surface area contributed by atoms with Crippen LogP contribution in [0.5, 0.6) is 0 Å². The van der Waals surface area contributed by atoms with E-state index < -0.39 is 11.9 Å². The third-order valence-electron chi connectivity index (χ3n) is 2.56. The van der Waals surface area contributed by atoms with E-state index in [-0.39, 0.29) is 22.0 Å². The summed E-state index contributed by atoms with van der Waals surface area (Å²) >= 11 is 11.6. The summed E-state index contributed by atoms with van der Waals surface area (Å²) < 4.78 is 39.8. The van der Waals surface area contributed by atoms with Crippen molar-refractivity contribution in [1.29, 1.82) is 0 Å². The summed E-state index contributed by atoms with van der Waals surface area (Å²) in [6, 6.07) is 4.17. The molecule has 8 heteroatoms. The fraction of sp³-hybridized carbons (Fsp3) is 0.182. The number of nitrogens with zero attached hydrogens (tertiary/aromatic N) is 2. The molecule has 0 fully saturated rings. The Hall–Kier alpha value is -1.40. The van der Waals surface area contributed by atoms with Crippen LogP contribution in [0.4, 0.5) is 19.0 Å². The summed E-state index contributed by atoms with van der Waals surface area (Å²) in [6.07, 6.45) is -4.62. The molecular formula is C11H8Cl2F3N3. The molecule has 0 radical (unpaired) electrons. The van der Waals surface area contributed by atoms with Gasteiger partial charge < -0.3 is 5.73 Å². The van der Waals surface area contributed by atoms with Crippen LogP contribution in [0, 0.1) is 0 Å². The molecule has 1 aromatic carbocycles. The highest BCUT2D eigenvalue weighted by Gasteiger charge is 2.39. The minimum Gasteiger partial charge on any atom is -0.383 e. The number of halogens is 5. The van der Waals surface area contributed by atoms with E-state index in [4.69, 9.17) is 28.9 Å². The number of hydrogen-bond acceptors (Lipinski definition) is 2. The largest absolute Gasteiger partial charge is 0.435 e. The number of nitrogens with two attached hydrogens (primary N) is 1. The van der Waals surface area contributed by atoms with Crippen LogP contribution >= 0.6 is 23.2 Å². The maximum atomic E-state index is 12.9. The second-order valence-electron chi connectivity index (χ2n) is 3.85. The average Bonchev–Trinajstić information content (AvgIpc) is 2.56. The van der Waals surface area contributed by atoms with E-state index in [9.17, 15) is 13.2 Å². The Morgan fingerprint density at radius 1 is 1.26 bits per heavy atom. The molecule has 0 saturated carbocycles. The molecular weight excluding hydrogens is 302 g/mol. The standard InChI is InChI=1S/C11H8Cl2F3N3/c1-19-10(17)8(9(18-19)11(14,15)16)6-3-2-5(12)4-7(6)13/h2-4H,17H2,1H3. The number of aryl methyl sites for hydroxylation is 1. The molecule has 0 aliphatic rings. The van der Waals surface area contributed by atoms with Crippen molar-refractivity contribution in [2.24, 2.45) is 7.05 Å². The van der Waals surface area contributed by atoms with Crippen molar-refractivity contribution in [1.82, 2.24) is 9.78 Å². The van der Waals surface area contributed by atoms with E-state index in [2.05, 4.69) is 5.10 Å². The molecule has 19 heavy (non-hydrogen) atoms. The number of rotatable bonds is 1. The van der Waals surface area contributed by atoms with Gasteiger partial charge in [0.15, 0.2) is 5.69 Å². The minimum absolute atomic E-state index is 0.0812. The molecule has 1 heterocycles. The molecule has 0 atom stereocenters.